The molecule has 1 amide bonds. The first-order chi connectivity index (χ1) is 9.26. The third kappa shape index (κ3) is 3.22. The fourth-order valence-electron chi connectivity index (χ4n) is 2.23. The number of amides is 1. The van der Waals surface area contributed by atoms with E-state index in [0.717, 1.165) is 30.7 Å². The fourth-order valence-corrected chi connectivity index (χ4v) is 2.23. The Morgan fingerprint density at radius 2 is 1.84 bits per heavy atom. The molecule has 5 heteroatoms. The highest BCUT2D eigenvalue weighted by atomic mass is 16.1. The van der Waals surface area contributed by atoms with Crippen molar-refractivity contribution in [3.8, 4) is 0 Å². The minimum absolute atomic E-state index is 0.185. The second-order valence-electron chi connectivity index (χ2n) is 5.65. The van der Waals surface area contributed by atoms with E-state index in [9.17, 15) is 4.79 Å². The van der Waals surface area contributed by atoms with E-state index in [4.69, 9.17) is 0 Å². The van der Waals surface area contributed by atoms with E-state index >= 15 is 0 Å². The van der Waals surface area contributed by atoms with Crippen LogP contribution in [0.1, 0.15) is 36.2 Å². The Kier molecular flexibility index (Phi) is 3.36. The van der Waals surface area contributed by atoms with Crippen LogP contribution in [0.3, 0.4) is 0 Å². The molecule has 2 saturated carbocycles. The van der Waals surface area contributed by atoms with Crippen LogP contribution in [-0.4, -0.2) is 36.2 Å². The van der Waals surface area contributed by atoms with Crippen LogP contribution >= 0.6 is 0 Å². The van der Waals surface area contributed by atoms with Gasteiger partial charge < -0.3 is 10.2 Å². The second-order valence-corrected chi connectivity index (χ2v) is 5.65. The molecule has 2 fully saturated rings. The van der Waals surface area contributed by atoms with Crippen LogP contribution in [0, 0.1) is 11.8 Å². The van der Waals surface area contributed by atoms with Gasteiger partial charge in [-0.25, -0.2) is 0 Å². The Morgan fingerprint density at radius 3 is 2.26 bits per heavy atom. The topological polar surface area (TPSA) is 58.1 Å². The van der Waals surface area contributed by atoms with Crippen LogP contribution in [0.2, 0.25) is 0 Å². The highest BCUT2D eigenvalue weighted by molar-refractivity contribution is 5.91. The van der Waals surface area contributed by atoms with E-state index in [0.29, 0.717) is 5.69 Å². The molecule has 0 radical (unpaired) electrons. The van der Waals surface area contributed by atoms with E-state index in [1.807, 2.05) is 6.07 Å². The molecule has 2 aliphatic carbocycles. The van der Waals surface area contributed by atoms with Crippen molar-refractivity contribution in [2.24, 2.45) is 11.8 Å². The molecule has 0 spiro atoms. The lowest BCUT2D eigenvalue weighted by Gasteiger charge is -2.23. The summed E-state index contributed by atoms with van der Waals surface area (Å²) in [6.45, 7) is 2.18. The Hall–Kier alpha value is -1.65. The van der Waals surface area contributed by atoms with Gasteiger partial charge >= 0.3 is 0 Å². The Balaban J connectivity index is 1.70. The summed E-state index contributed by atoms with van der Waals surface area (Å²) in [6, 6.07) is 3.68. The number of hydrogen-bond acceptors (Lipinski definition) is 4. The van der Waals surface area contributed by atoms with Gasteiger partial charge in [-0.05, 0) is 49.7 Å². The molecule has 1 N–H and O–H groups in total. The quantitative estimate of drug-likeness (QED) is 0.841. The summed E-state index contributed by atoms with van der Waals surface area (Å²) in [6.07, 6.45) is 5.35. The van der Waals surface area contributed by atoms with E-state index in [-0.39, 0.29) is 5.91 Å². The summed E-state index contributed by atoms with van der Waals surface area (Å²) in [4.78, 5) is 13.8. The van der Waals surface area contributed by atoms with Gasteiger partial charge in [0.15, 0.2) is 11.5 Å². The largest absolute Gasteiger partial charge is 0.355 e. The molecule has 0 unspecified atom stereocenters. The highest BCUT2D eigenvalue weighted by Gasteiger charge is 2.30. The van der Waals surface area contributed by atoms with Crippen molar-refractivity contribution in [3.05, 3.63) is 17.8 Å². The molecular weight excluding hydrogens is 240 g/mol. The van der Waals surface area contributed by atoms with Gasteiger partial charge in [0.1, 0.15) is 0 Å². The number of hydrogen-bond donors (Lipinski definition) is 1. The zero-order chi connectivity index (χ0) is 13.2. The molecule has 102 valence electrons. The first kappa shape index (κ1) is 12.4. The maximum absolute atomic E-state index is 11.4. The van der Waals surface area contributed by atoms with Gasteiger partial charge in [0.25, 0.3) is 5.91 Å². The number of anilines is 1. The standard InChI is InChI=1S/C14H20N4O/c1-15-14(19)12-6-7-13(17-16-12)18(8-10-2-3-10)9-11-4-5-11/h6-7,10-11H,2-5,8-9H2,1H3,(H,15,19). The van der Waals surface area contributed by atoms with E-state index in [1.165, 1.54) is 25.7 Å². The summed E-state index contributed by atoms with van der Waals surface area (Å²) < 4.78 is 0. The van der Waals surface area contributed by atoms with Crippen molar-refractivity contribution in [2.45, 2.75) is 25.7 Å². The van der Waals surface area contributed by atoms with Crippen LogP contribution in [0.25, 0.3) is 0 Å². The monoisotopic (exact) mass is 260 g/mol. The second kappa shape index (κ2) is 5.15. The number of nitrogens with zero attached hydrogens (tertiary/aromatic N) is 3. The van der Waals surface area contributed by atoms with Crippen molar-refractivity contribution in [1.29, 1.82) is 0 Å². The Morgan fingerprint density at radius 1 is 1.21 bits per heavy atom. The lowest BCUT2D eigenvalue weighted by molar-refractivity contribution is 0.0957. The molecule has 0 aliphatic heterocycles. The summed E-state index contributed by atoms with van der Waals surface area (Å²) in [5.41, 5.74) is 0.379. The molecule has 5 nitrogen and oxygen atoms in total. The SMILES string of the molecule is CNC(=O)c1ccc(N(CC2CC2)CC2CC2)nn1. The minimum Gasteiger partial charge on any atom is -0.355 e. The first-order valence-electron chi connectivity index (χ1n) is 7.07. The zero-order valence-electron chi connectivity index (χ0n) is 11.3. The molecule has 1 aromatic rings. The van der Waals surface area contributed by atoms with E-state index in [1.54, 1.807) is 13.1 Å². The van der Waals surface area contributed by atoms with Crippen molar-refractivity contribution in [3.63, 3.8) is 0 Å². The van der Waals surface area contributed by atoms with Crippen molar-refractivity contribution >= 4 is 11.7 Å². The fraction of sp³-hybridized carbons (Fsp3) is 0.643. The molecule has 0 bridgehead atoms. The Labute approximate surface area is 113 Å². The third-order valence-corrected chi connectivity index (χ3v) is 3.79. The smallest absolute Gasteiger partial charge is 0.271 e. The molecule has 0 saturated heterocycles. The zero-order valence-corrected chi connectivity index (χ0v) is 11.3. The van der Waals surface area contributed by atoms with Crippen LogP contribution in [0.5, 0.6) is 0 Å². The molecule has 0 atom stereocenters. The molecule has 0 aromatic carbocycles. The summed E-state index contributed by atoms with van der Waals surface area (Å²) in [5.74, 6) is 2.39. The number of nitrogens with one attached hydrogen (secondary N) is 1. The number of rotatable bonds is 6. The molecular formula is C14H20N4O. The first-order valence-corrected chi connectivity index (χ1v) is 7.07. The molecule has 1 heterocycles. The van der Waals surface area contributed by atoms with Gasteiger partial charge in [-0.1, -0.05) is 0 Å². The molecule has 3 rings (SSSR count). The maximum Gasteiger partial charge on any atom is 0.271 e. The van der Waals surface area contributed by atoms with Crippen molar-refractivity contribution in [1.82, 2.24) is 15.5 Å². The number of carbonyl (C=O) groups excluding carboxylic acids is 1. The predicted molar refractivity (Wildman–Crippen MR) is 73.1 cm³/mol. The van der Waals surface area contributed by atoms with Gasteiger partial charge in [-0.2, -0.15) is 0 Å². The lowest BCUT2D eigenvalue weighted by Crippen LogP contribution is -2.29. The molecule has 2 aliphatic rings. The van der Waals surface area contributed by atoms with Gasteiger partial charge in [0, 0.05) is 20.1 Å². The average molecular weight is 260 g/mol. The molecule has 1 aromatic heterocycles. The van der Waals surface area contributed by atoms with Crippen LogP contribution in [-0.2, 0) is 0 Å². The van der Waals surface area contributed by atoms with Gasteiger partial charge in [-0.3, -0.25) is 4.79 Å². The molecule has 19 heavy (non-hydrogen) atoms. The predicted octanol–water partition coefficient (Wildman–Crippen LogP) is 1.46. The lowest BCUT2D eigenvalue weighted by atomic mass is 10.3. The van der Waals surface area contributed by atoms with Crippen molar-refractivity contribution in [2.75, 3.05) is 25.0 Å². The summed E-state index contributed by atoms with van der Waals surface area (Å²) in [5, 5.41) is 10.8. The normalized spacial score (nSPS) is 18.2. The van der Waals surface area contributed by atoms with Crippen molar-refractivity contribution < 1.29 is 4.79 Å². The van der Waals surface area contributed by atoms with E-state index < -0.39 is 0 Å². The van der Waals surface area contributed by atoms with Crippen LogP contribution < -0.4 is 10.2 Å². The Bertz CT molecular complexity index is 437. The van der Waals surface area contributed by atoms with Crippen LogP contribution in [0.4, 0.5) is 5.82 Å². The average Bonchev–Trinajstić information content (AvgIpc) is 3.32. The van der Waals surface area contributed by atoms with Gasteiger partial charge in [0.2, 0.25) is 0 Å². The van der Waals surface area contributed by atoms with Crippen LogP contribution in [0.15, 0.2) is 12.1 Å². The number of aromatic nitrogens is 2. The van der Waals surface area contributed by atoms with Gasteiger partial charge in [0.05, 0.1) is 0 Å². The third-order valence-electron chi connectivity index (χ3n) is 3.79. The van der Waals surface area contributed by atoms with Gasteiger partial charge in [-0.15, -0.1) is 10.2 Å². The number of carbonyl (C=O) groups is 1. The highest BCUT2D eigenvalue weighted by Crippen LogP contribution is 2.35. The summed E-state index contributed by atoms with van der Waals surface area (Å²) in [7, 11) is 1.60. The van der Waals surface area contributed by atoms with E-state index in [2.05, 4.69) is 20.4 Å². The summed E-state index contributed by atoms with van der Waals surface area (Å²) >= 11 is 0. The maximum atomic E-state index is 11.4. The minimum atomic E-state index is -0.185.